The van der Waals surface area contributed by atoms with Crippen molar-refractivity contribution in [2.45, 2.75) is 65.5 Å². The summed E-state index contributed by atoms with van der Waals surface area (Å²) in [6.45, 7) is 12.8. The SMILES string of the molecule is CCCC1NCN(C(C)CCCN(CC)CC)C1=O. The van der Waals surface area contributed by atoms with Crippen LogP contribution < -0.4 is 5.32 Å². The summed E-state index contributed by atoms with van der Waals surface area (Å²) in [5, 5.41) is 3.33. The van der Waals surface area contributed by atoms with Crippen molar-refractivity contribution in [1.29, 1.82) is 0 Å². The van der Waals surface area contributed by atoms with Gasteiger partial charge in [-0.25, -0.2) is 0 Å². The Morgan fingerprint density at radius 3 is 2.63 bits per heavy atom. The molecule has 0 aromatic carbocycles. The molecule has 2 atom stereocenters. The molecule has 0 aromatic rings. The van der Waals surface area contributed by atoms with E-state index in [1.807, 2.05) is 4.90 Å². The molecule has 19 heavy (non-hydrogen) atoms. The third kappa shape index (κ3) is 4.77. The first-order valence-corrected chi connectivity index (χ1v) is 7.90. The lowest BCUT2D eigenvalue weighted by Crippen LogP contribution is -2.37. The van der Waals surface area contributed by atoms with Crippen LogP contribution in [0.3, 0.4) is 0 Å². The molecule has 0 spiro atoms. The Hall–Kier alpha value is -0.610. The number of hydrogen-bond acceptors (Lipinski definition) is 3. The first-order valence-electron chi connectivity index (χ1n) is 7.90. The quantitative estimate of drug-likeness (QED) is 0.696. The van der Waals surface area contributed by atoms with E-state index in [1.54, 1.807) is 0 Å². The molecule has 0 radical (unpaired) electrons. The fourth-order valence-corrected chi connectivity index (χ4v) is 2.77. The lowest BCUT2D eigenvalue weighted by Gasteiger charge is -2.25. The van der Waals surface area contributed by atoms with Gasteiger partial charge in [0.05, 0.1) is 12.7 Å². The van der Waals surface area contributed by atoms with Crippen LogP contribution in [0.5, 0.6) is 0 Å². The van der Waals surface area contributed by atoms with E-state index in [0.717, 1.165) is 45.6 Å². The maximum Gasteiger partial charge on any atom is 0.241 e. The minimum Gasteiger partial charge on any atom is -0.326 e. The van der Waals surface area contributed by atoms with Crippen LogP contribution in [0.25, 0.3) is 0 Å². The Morgan fingerprint density at radius 1 is 1.37 bits per heavy atom. The van der Waals surface area contributed by atoms with E-state index >= 15 is 0 Å². The number of carbonyl (C=O) groups is 1. The monoisotopic (exact) mass is 269 g/mol. The Labute approximate surface area is 118 Å². The van der Waals surface area contributed by atoms with Crippen LogP contribution in [0.1, 0.15) is 53.4 Å². The van der Waals surface area contributed by atoms with Crippen molar-refractivity contribution < 1.29 is 4.79 Å². The Bertz CT molecular complexity index is 266. The summed E-state index contributed by atoms with van der Waals surface area (Å²) in [7, 11) is 0. The number of hydrogen-bond donors (Lipinski definition) is 1. The van der Waals surface area contributed by atoms with Crippen molar-refractivity contribution in [3.63, 3.8) is 0 Å². The largest absolute Gasteiger partial charge is 0.326 e. The van der Waals surface area contributed by atoms with Crippen LogP contribution in [-0.2, 0) is 4.79 Å². The summed E-state index contributed by atoms with van der Waals surface area (Å²) in [5.74, 6) is 0.303. The first kappa shape index (κ1) is 16.4. The molecular weight excluding hydrogens is 238 g/mol. The zero-order valence-corrected chi connectivity index (χ0v) is 13.1. The molecule has 0 saturated carbocycles. The minimum absolute atomic E-state index is 0.0650. The maximum absolute atomic E-state index is 12.2. The number of carbonyl (C=O) groups excluding carboxylic acids is 1. The van der Waals surface area contributed by atoms with Crippen LogP contribution in [0.4, 0.5) is 0 Å². The predicted octanol–water partition coefficient (Wildman–Crippen LogP) is 2.05. The zero-order valence-electron chi connectivity index (χ0n) is 13.1. The topological polar surface area (TPSA) is 35.6 Å². The van der Waals surface area contributed by atoms with Gasteiger partial charge in [0.1, 0.15) is 0 Å². The zero-order chi connectivity index (χ0) is 14.3. The highest BCUT2D eigenvalue weighted by atomic mass is 16.2. The summed E-state index contributed by atoms with van der Waals surface area (Å²) in [6.07, 6.45) is 4.29. The number of nitrogens with zero attached hydrogens (tertiary/aromatic N) is 2. The van der Waals surface area contributed by atoms with Crippen molar-refractivity contribution in [1.82, 2.24) is 15.1 Å². The van der Waals surface area contributed by atoms with Gasteiger partial charge in [0, 0.05) is 6.04 Å². The molecule has 1 fully saturated rings. The number of rotatable bonds is 9. The highest BCUT2D eigenvalue weighted by molar-refractivity contribution is 5.83. The Balaban J connectivity index is 2.30. The second kappa shape index (κ2) is 8.54. The van der Waals surface area contributed by atoms with Gasteiger partial charge in [0.25, 0.3) is 0 Å². The van der Waals surface area contributed by atoms with E-state index in [4.69, 9.17) is 0 Å². The van der Waals surface area contributed by atoms with E-state index < -0.39 is 0 Å². The summed E-state index contributed by atoms with van der Waals surface area (Å²) >= 11 is 0. The van der Waals surface area contributed by atoms with Crippen LogP contribution in [0.2, 0.25) is 0 Å². The normalized spacial score (nSPS) is 21.4. The van der Waals surface area contributed by atoms with Gasteiger partial charge in [0.15, 0.2) is 0 Å². The van der Waals surface area contributed by atoms with Gasteiger partial charge < -0.3 is 9.80 Å². The van der Waals surface area contributed by atoms with Gasteiger partial charge in [-0.2, -0.15) is 0 Å². The van der Waals surface area contributed by atoms with E-state index in [2.05, 4.69) is 37.9 Å². The second-order valence-corrected chi connectivity index (χ2v) is 5.53. The third-order valence-electron chi connectivity index (χ3n) is 4.19. The van der Waals surface area contributed by atoms with Crippen LogP contribution in [-0.4, -0.2) is 54.1 Å². The van der Waals surface area contributed by atoms with Gasteiger partial charge in [-0.05, 0) is 45.8 Å². The van der Waals surface area contributed by atoms with Crippen LogP contribution in [0.15, 0.2) is 0 Å². The van der Waals surface area contributed by atoms with E-state index in [1.165, 1.54) is 6.42 Å². The summed E-state index contributed by atoms with van der Waals surface area (Å²) in [6, 6.07) is 0.424. The molecule has 1 saturated heterocycles. The van der Waals surface area contributed by atoms with Crippen molar-refractivity contribution in [2.24, 2.45) is 0 Å². The molecule has 0 bridgehead atoms. The summed E-state index contributed by atoms with van der Waals surface area (Å²) in [4.78, 5) is 16.7. The summed E-state index contributed by atoms with van der Waals surface area (Å²) < 4.78 is 0. The molecule has 0 aromatic heterocycles. The fraction of sp³-hybridized carbons (Fsp3) is 0.933. The van der Waals surface area contributed by atoms with Gasteiger partial charge in [0.2, 0.25) is 5.91 Å². The van der Waals surface area contributed by atoms with Crippen molar-refractivity contribution in [3.05, 3.63) is 0 Å². The third-order valence-corrected chi connectivity index (χ3v) is 4.19. The van der Waals surface area contributed by atoms with Gasteiger partial charge in [-0.1, -0.05) is 27.2 Å². The van der Waals surface area contributed by atoms with Crippen LogP contribution >= 0.6 is 0 Å². The summed E-state index contributed by atoms with van der Waals surface area (Å²) in [5.41, 5.74) is 0. The van der Waals surface area contributed by atoms with Crippen molar-refractivity contribution in [2.75, 3.05) is 26.3 Å². The molecule has 2 unspecified atom stereocenters. The molecule has 4 nitrogen and oxygen atoms in total. The molecule has 0 aliphatic carbocycles. The number of nitrogens with one attached hydrogen (secondary N) is 1. The molecular formula is C15H31N3O. The molecule has 1 rings (SSSR count). The van der Waals surface area contributed by atoms with Crippen molar-refractivity contribution in [3.8, 4) is 0 Å². The second-order valence-electron chi connectivity index (χ2n) is 5.53. The average Bonchev–Trinajstić information content (AvgIpc) is 2.77. The Kier molecular flexibility index (Phi) is 7.39. The molecule has 1 aliphatic rings. The molecule has 1 aliphatic heterocycles. The van der Waals surface area contributed by atoms with Gasteiger partial charge in [-0.15, -0.1) is 0 Å². The van der Waals surface area contributed by atoms with Crippen LogP contribution in [0, 0.1) is 0 Å². The van der Waals surface area contributed by atoms with Gasteiger partial charge >= 0.3 is 0 Å². The highest BCUT2D eigenvalue weighted by Gasteiger charge is 2.32. The lowest BCUT2D eigenvalue weighted by molar-refractivity contribution is -0.130. The molecule has 112 valence electrons. The molecule has 1 amide bonds. The first-order chi connectivity index (χ1) is 9.13. The Morgan fingerprint density at radius 2 is 2.05 bits per heavy atom. The average molecular weight is 269 g/mol. The fourth-order valence-electron chi connectivity index (χ4n) is 2.77. The minimum atomic E-state index is 0.0650. The van der Waals surface area contributed by atoms with Crippen molar-refractivity contribution >= 4 is 5.91 Å². The standard InChI is InChI=1S/C15H31N3O/c1-5-9-14-15(19)18(12-16-14)13(4)10-8-11-17(6-2)7-3/h13-14,16H,5-12H2,1-4H3. The molecule has 4 heteroatoms. The van der Waals surface area contributed by atoms with E-state index in [0.29, 0.717) is 11.9 Å². The lowest BCUT2D eigenvalue weighted by atomic mass is 10.1. The smallest absolute Gasteiger partial charge is 0.241 e. The van der Waals surface area contributed by atoms with Gasteiger partial charge in [-0.3, -0.25) is 10.1 Å². The highest BCUT2D eigenvalue weighted by Crippen LogP contribution is 2.15. The molecule has 1 N–H and O–H groups in total. The number of amides is 1. The van der Waals surface area contributed by atoms with E-state index in [9.17, 15) is 4.79 Å². The maximum atomic E-state index is 12.2. The van der Waals surface area contributed by atoms with E-state index in [-0.39, 0.29) is 6.04 Å². The molecule has 1 heterocycles. The predicted molar refractivity (Wildman–Crippen MR) is 80.0 cm³/mol.